The molecule has 0 saturated heterocycles. The Bertz CT molecular complexity index is 359. The molecule has 0 spiro atoms. The molecule has 88 valence electrons. The summed E-state index contributed by atoms with van der Waals surface area (Å²) in [7, 11) is 1.37. The van der Waals surface area contributed by atoms with E-state index in [1.807, 2.05) is 13.0 Å². The van der Waals surface area contributed by atoms with E-state index in [1.54, 1.807) is 0 Å². The molecule has 0 heterocycles. The third-order valence-corrected chi connectivity index (χ3v) is 4.32. The van der Waals surface area contributed by atoms with Gasteiger partial charge >= 0.3 is 5.97 Å². The van der Waals surface area contributed by atoms with Crippen LogP contribution < -0.4 is 0 Å². The lowest BCUT2D eigenvalue weighted by Gasteiger charge is -2.40. The lowest BCUT2D eigenvalue weighted by Crippen LogP contribution is -2.50. The SMILES string of the molecule is COC(=O)[C@]12C(=O)CC[C@H](C)[C@H]1CC=C2C. The van der Waals surface area contributed by atoms with Crippen molar-refractivity contribution in [1.82, 2.24) is 0 Å². The zero-order chi connectivity index (χ0) is 11.9. The van der Waals surface area contributed by atoms with E-state index in [0.29, 0.717) is 12.3 Å². The Hall–Kier alpha value is -1.12. The molecular weight excluding hydrogens is 204 g/mol. The third-order valence-electron chi connectivity index (χ3n) is 4.32. The van der Waals surface area contributed by atoms with Crippen molar-refractivity contribution >= 4 is 11.8 Å². The summed E-state index contributed by atoms with van der Waals surface area (Å²) < 4.78 is 4.88. The van der Waals surface area contributed by atoms with Crippen LogP contribution >= 0.6 is 0 Å². The number of fused-ring (bicyclic) bond motifs is 1. The Kier molecular flexibility index (Phi) is 2.64. The highest BCUT2D eigenvalue weighted by Crippen LogP contribution is 2.53. The molecule has 0 aromatic heterocycles. The minimum absolute atomic E-state index is 0.0497. The van der Waals surface area contributed by atoms with Gasteiger partial charge in [-0.05, 0) is 31.6 Å². The van der Waals surface area contributed by atoms with Crippen molar-refractivity contribution in [2.24, 2.45) is 17.3 Å². The second kappa shape index (κ2) is 3.72. The number of ketones is 1. The van der Waals surface area contributed by atoms with Gasteiger partial charge in [0.05, 0.1) is 7.11 Å². The average Bonchev–Trinajstić information content (AvgIpc) is 2.63. The van der Waals surface area contributed by atoms with E-state index in [-0.39, 0.29) is 17.7 Å². The van der Waals surface area contributed by atoms with Gasteiger partial charge in [0.25, 0.3) is 0 Å². The molecule has 0 unspecified atom stereocenters. The van der Waals surface area contributed by atoms with Crippen LogP contribution in [-0.2, 0) is 14.3 Å². The van der Waals surface area contributed by atoms with Crippen molar-refractivity contribution in [2.45, 2.75) is 33.1 Å². The second-order valence-electron chi connectivity index (χ2n) is 4.97. The summed E-state index contributed by atoms with van der Waals surface area (Å²) in [5, 5.41) is 0. The summed E-state index contributed by atoms with van der Waals surface area (Å²) in [6.45, 7) is 4.01. The normalized spacial score (nSPS) is 37.9. The Morgan fingerprint density at radius 3 is 2.88 bits per heavy atom. The van der Waals surface area contributed by atoms with Gasteiger partial charge in [-0.25, -0.2) is 0 Å². The van der Waals surface area contributed by atoms with Crippen molar-refractivity contribution in [3.05, 3.63) is 11.6 Å². The summed E-state index contributed by atoms with van der Waals surface area (Å²) in [5.74, 6) is 0.209. The highest BCUT2D eigenvalue weighted by molar-refractivity contribution is 6.08. The number of Topliss-reactive ketones (excluding diaryl/α,β-unsaturated/α-hetero) is 1. The average molecular weight is 222 g/mol. The van der Waals surface area contributed by atoms with Crippen molar-refractivity contribution in [3.63, 3.8) is 0 Å². The third kappa shape index (κ3) is 1.20. The van der Waals surface area contributed by atoms with Crippen LogP contribution in [0.1, 0.15) is 33.1 Å². The van der Waals surface area contributed by atoms with E-state index in [2.05, 4.69) is 6.92 Å². The highest BCUT2D eigenvalue weighted by Gasteiger charge is 2.59. The van der Waals surface area contributed by atoms with Gasteiger partial charge in [0.2, 0.25) is 0 Å². The van der Waals surface area contributed by atoms with Crippen LogP contribution in [-0.4, -0.2) is 18.9 Å². The summed E-state index contributed by atoms with van der Waals surface area (Å²) in [4.78, 5) is 24.3. The number of ether oxygens (including phenoxy) is 1. The van der Waals surface area contributed by atoms with Crippen LogP contribution in [0, 0.1) is 17.3 Å². The molecule has 2 aliphatic rings. The van der Waals surface area contributed by atoms with Crippen molar-refractivity contribution in [2.75, 3.05) is 7.11 Å². The van der Waals surface area contributed by atoms with Crippen molar-refractivity contribution in [1.29, 1.82) is 0 Å². The molecule has 1 saturated carbocycles. The first-order valence-corrected chi connectivity index (χ1v) is 5.84. The second-order valence-corrected chi connectivity index (χ2v) is 4.97. The molecular formula is C13H18O3. The Morgan fingerprint density at radius 1 is 1.56 bits per heavy atom. The summed E-state index contributed by atoms with van der Waals surface area (Å²) in [6.07, 6.45) is 4.25. The maximum atomic E-state index is 12.2. The van der Waals surface area contributed by atoms with Gasteiger partial charge < -0.3 is 4.74 Å². The lowest BCUT2D eigenvalue weighted by atomic mass is 9.60. The van der Waals surface area contributed by atoms with Crippen LogP contribution in [0.2, 0.25) is 0 Å². The maximum absolute atomic E-state index is 12.2. The topological polar surface area (TPSA) is 43.4 Å². The molecule has 2 aliphatic carbocycles. The molecule has 3 atom stereocenters. The summed E-state index contributed by atoms with van der Waals surface area (Å²) in [5.41, 5.74) is -0.0622. The van der Waals surface area contributed by atoms with Crippen LogP contribution in [0.3, 0.4) is 0 Å². The van der Waals surface area contributed by atoms with E-state index in [1.165, 1.54) is 7.11 Å². The van der Waals surface area contributed by atoms with Gasteiger partial charge in [-0.3, -0.25) is 9.59 Å². The number of hydrogen-bond donors (Lipinski definition) is 0. The van der Waals surface area contributed by atoms with Crippen LogP contribution in [0.25, 0.3) is 0 Å². The molecule has 0 aromatic carbocycles. The van der Waals surface area contributed by atoms with E-state index >= 15 is 0 Å². The van der Waals surface area contributed by atoms with Gasteiger partial charge in [-0.1, -0.05) is 18.6 Å². The van der Waals surface area contributed by atoms with Crippen LogP contribution in [0.4, 0.5) is 0 Å². The number of hydrogen-bond acceptors (Lipinski definition) is 3. The number of rotatable bonds is 1. The fraction of sp³-hybridized carbons (Fsp3) is 0.692. The van der Waals surface area contributed by atoms with E-state index < -0.39 is 5.41 Å². The molecule has 3 heteroatoms. The van der Waals surface area contributed by atoms with E-state index in [0.717, 1.165) is 18.4 Å². The Labute approximate surface area is 95.9 Å². The molecule has 3 nitrogen and oxygen atoms in total. The standard InChI is InChI=1S/C13H18O3/c1-8-4-7-11(14)13(12(15)16-3)9(2)5-6-10(8)13/h5,8,10H,4,6-7H2,1-3H3/t8-,10+,13-/m0/s1. The van der Waals surface area contributed by atoms with E-state index in [4.69, 9.17) is 4.74 Å². The van der Waals surface area contributed by atoms with Gasteiger partial charge in [-0.2, -0.15) is 0 Å². The Morgan fingerprint density at radius 2 is 2.25 bits per heavy atom. The van der Waals surface area contributed by atoms with E-state index in [9.17, 15) is 9.59 Å². The minimum Gasteiger partial charge on any atom is -0.468 e. The summed E-state index contributed by atoms with van der Waals surface area (Å²) in [6, 6.07) is 0. The van der Waals surface area contributed by atoms with Gasteiger partial charge in [0.1, 0.15) is 0 Å². The molecule has 1 fully saturated rings. The molecule has 2 rings (SSSR count). The largest absolute Gasteiger partial charge is 0.468 e. The first kappa shape index (κ1) is 11.4. The lowest BCUT2D eigenvalue weighted by molar-refractivity contribution is -0.161. The number of methoxy groups -OCH3 is 1. The van der Waals surface area contributed by atoms with Gasteiger partial charge in [0.15, 0.2) is 11.2 Å². The Balaban J connectivity index is 2.51. The summed E-state index contributed by atoms with van der Waals surface area (Å²) >= 11 is 0. The fourth-order valence-corrected chi connectivity index (χ4v) is 3.36. The number of esters is 1. The fourth-order valence-electron chi connectivity index (χ4n) is 3.36. The predicted molar refractivity (Wildman–Crippen MR) is 59.7 cm³/mol. The number of carbonyl (C=O) groups is 2. The monoisotopic (exact) mass is 222 g/mol. The van der Waals surface area contributed by atoms with Crippen molar-refractivity contribution < 1.29 is 14.3 Å². The first-order valence-electron chi connectivity index (χ1n) is 5.84. The molecule has 16 heavy (non-hydrogen) atoms. The van der Waals surface area contributed by atoms with Gasteiger partial charge in [-0.15, -0.1) is 0 Å². The zero-order valence-electron chi connectivity index (χ0n) is 10.1. The van der Waals surface area contributed by atoms with Crippen LogP contribution in [0.5, 0.6) is 0 Å². The molecule has 0 aromatic rings. The zero-order valence-corrected chi connectivity index (χ0v) is 10.1. The van der Waals surface area contributed by atoms with Crippen molar-refractivity contribution in [3.8, 4) is 0 Å². The smallest absolute Gasteiger partial charge is 0.323 e. The first-order chi connectivity index (χ1) is 7.55. The predicted octanol–water partition coefficient (Wildman–Crippen LogP) is 2.11. The number of carbonyl (C=O) groups excluding carboxylic acids is 2. The molecule has 0 N–H and O–H groups in total. The van der Waals surface area contributed by atoms with Crippen LogP contribution in [0.15, 0.2) is 11.6 Å². The molecule has 0 aliphatic heterocycles. The molecule has 0 amide bonds. The minimum atomic E-state index is -0.952. The molecule has 0 bridgehead atoms. The van der Waals surface area contributed by atoms with Gasteiger partial charge in [0, 0.05) is 6.42 Å². The highest BCUT2D eigenvalue weighted by atomic mass is 16.5. The molecule has 0 radical (unpaired) electrons. The quantitative estimate of drug-likeness (QED) is 0.388. The maximum Gasteiger partial charge on any atom is 0.323 e. The number of allylic oxidation sites excluding steroid dienone is 1.